The smallest absolute Gasteiger partial charge is 0.124 e. The van der Waals surface area contributed by atoms with Crippen LogP contribution >= 0.6 is 11.8 Å². The van der Waals surface area contributed by atoms with E-state index in [1.165, 1.54) is 18.6 Å². The normalized spacial score (nSPS) is 23.5. The Morgan fingerprint density at radius 3 is 3.09 bits per heavy atom. The number of thioether (sulfide) groups is 1. The van der Waals surface area contributed by atoms with Gasteiger partial charge in [-0.05, 0) is 25.0 Å². The van der Waals surface area contributed by atoms with Crippen molar-refractivity contribution in [1.82, 2.24) is 0 Å². The highest BCUT2D eigenvalue weighted by molar-refractivity contribution is 8.00. The van der Waals surface area contributed by atoms with E-state index < -0.39 is 0 Å². The molecule has 0 N–H and O–H groups in total. The maximum absolute atomic E-state index is 10.1. The van der Waals surface area contributed by atoms with Gasteiger partial charge in [0.15, 0.2) is 0 Å². The second kappa shape index (κ2) is 4.60. The first-order chi connectivity index (χ1) is 5.33. The molecule has 1 aliphatic heterocycles. The number of allylic oxidation sites excluding steroid dienone is 1. The lowest BCUT2D eigenvalue weighted by molar-refractivity contribution is -0.107. The molecule has 0 bridgehead atoms. The topological polar surface area (TPSA) is 17.1 Å². The maximum Gasteiger partial charge on any atom is 0.124 e. The van der Waals surface area contributed by atoms with Crippen LogP contribution in [0.4, 0.5) is 0 Å². The van der Waals surface area contributed by atoms with Crippen molar-refractivity contribution in [2.45, 2.75) is 30.9 Å². The van der Waals surface area contributed by atoms with E-state index in [0.717, 1.165) is 23.5 Å². The number of carbonyl (C=O) groups is 1. The van der Waals surface area contributed by atoms with Crippen LogP contribution in [0.1, 0.15) is 25.7 Å². The number of rotatable bonds is 4. The van der Waals surface area contributed by atoms with Crippen LogP contribution in [-0.4, -0.2) is 17.3 Å². The molecule has 0 aromatic carbocycles. The van der Waals surface area contributed by atoms with Crippen molar-refractivity contribution in [2.24, 2.45) is 0 Å². The highest BCUT2D eigenvalue weighted by Gasteiger charge is 2.15. The Kier molecular flexibility index (Phi) is 3.70. The highest BCUT2D eigenvalue weighted by Crippen LogP contribution is 2.30. The molecule has 0 aromatic heterocycles. The molecule has 11 heavy (non-hydrogen) atoms. The SMILES string of the molecule is C=C(CC=O)CC1CCCS1. The van der Waals surface area contributed by atoms with Gasteiger partial charge in [-0.2, -0.15) is 11.8 Å². The summed E-state index contributed by atoms with van der Waals surface area (Å²) in [6.07, 6.45) is 5.19. The van der Waals surface area contributed by atoms with E-state index in [4.69, 9.17) is 0 Å². The van der Waals surface area contributed by atoms with Gasteiger partial charge in [0.05, 0.1) is 0 Å². The molecular weight excluding hydrogens is 156 g/mol. The molecule has 0 aromatic rings. The lowest BCUT2D eigenvalue weighted by Gasteiger charge is -2.07. The predicted octanol–water partition coefficient (Wildman–Crippen LogP) is 2.42. The summed E-state index contributed by atoms with van der Waals surface area (Å²) < 4.78 is 0. The predicted molar refractivity (Wildman–Crippen MR) is 49.9 cm³/mol. The van der Waals surface area contributed by atoms with E-state index in [0.29, 0.717) is 6.42 Å². The second-order valence-electron chi connectivity index (χ2n) is 2.96. The molecule has 1 aliphatic rings. The summed E-state index contributed by atoms with van der Waals surface area (Å²) in [5, 5.41) is 0.752. The molecular formula is C9H14OS. The Morgan fingerprint density at radius 2 is 2.55 bits per heavy atom. The van der Waals surface area contributed by atoms with E-state index in [1.807, 2.05) is 11.8 Å². The summed E-state index contributed by atoms with van der Waals surface area (Å²) in [5.41, 5.74) is 1.10. The van der Waals surface area contributed by atoms with Crippen molar-refractivity contribution in [3.8, 4) is 0 Å². The number of aldehydes is 1. The zero-order valence-corrected chi connectivity index (χ0v) is 7.53. The first-order valence-electron chi connectivity index (χ1n) is 4.05. The van der Waals surface area contributed by atoms with E-state index in [1.54, 1.807) is 0 Å². The third kappa shape index (κ3) is 3.10. The number of hydrogen-bond donors (Lipinski definition) is 0. The van der Waals surface area contributed by atoms with Gasteiger partial charge >= 0.3 is 0 Å². The van der Waals surface area contributed by atoms with Crippen molar-refractivity contribution in [3.05, 3.63) is 12.2 Å². The van der Waals surface area contributed by atoms with Gasteiger partial charge in [-0.25, -0.2) is 0 Å². The molecule has 1 fully saturated rings. The van der Waals surface area contributed by atoms with E-state index in [-0.39, 0.29) is 0 Å². The molecule has 0 saturated carbocycles. The zero-order chi connectivity index (χ0) is 8.10. The average Bonchev–Trinajstić information content (AvgIpc) is 2.40. The molecule has 2 heteroatoms. The summed E-state index contributed by atoms with van der Waals surface area (Å²) in [4.78, 5) is 10.1. The minimum atomic E-state index is 0.553. The molecule has 0 spiro atoms. The van der Waals surface area contributed by atoms with Crippen LogP contribution in [0.15, 0.2) is 12.2 Å². The van der Waals surface area contributed by atoms with Crippen LogP contribution in [0.25, 0.3) is 0 Å². The van der Waals surface area contributed by atoms with Crippen LogP contribution in [0.2, 0.25) is 0 Å². The van der Waals surface area contributed by atoms with Crippen LogP contribution in [0.3, 0.4) is 0 Å². The Hall–Kier alpha value is -0.240. The number of hydrogen-bond acceptors (Lipinski definition) is 2. The zero-order valence-electron chi connectivity index (χ0n) is 6.71. The van der Waals surface area contributed by atoms with E-state index in [2.05, 4.69) is 6.58 Å². The molecule has 1 saturated heterocycles. The van der Waals surface area contributed by atoms with Crippen molar-refractivity contribution in [2.75, 3.05) is 5.75 Å². The molecule has 1 heterocycles. The van der Waals surface area contributed by atoms with Gasteiger partial charge in [0.25, 0.3) is 0 Å². The molecule has 1 atom stereocenters. The Labute approximate surface area is 72.2 Å². The maximum atomic E-state index is 10.1. The summed E-state index contributed by atoms with van der Waals surface area (Å²) >= 11 is 2.02. The second-order valence-corrected chi connectivity index (χ2v) is 4.37. The summed E-state index contributed by atoms with van der Waals surface area (Å²) in [7, 11) is 0. The minimum absolute atomic E-state index is 0.553. The van der Waals surface area contributed by atoms with Gasteiger partial charge in [-0.1, -0.05) is 12.2 Å². The van der Waals surface area contributed by atoms with Gasteiger partial charge in [0.2, 0.25) is 0 Å². The van der Waals surface area contributed by atoms with Crippen molar-refractivity contribution >= 4 is 18.0 Å². The minimum Gasteiger partial charge on any atom is -0.303 e. The first-order valence-corrected chi connectivity index (χ1v) is 5.09. The van der Waals surface area contributed by atoms with Crippen molar-refractivity contribution in [3.63, 3.8) is 0 Å². The summed E-state index contributed by atoms with van der Waals surface area (Å²) in [6, 6.07) is 0. The van der Waals surface area contributed by atoms with Crippen LogP contribution in [0.5, 0.6) is 0 Å². The summed E-state index contributed by atoms with van der Waals surface area (Å²) in [6.45, 7) is 3.86. The first kappa shape index (κ1) is 8.85. The number of carbonyl (C=O) groups excluding carboxylic acids is 1. The molecule has 1 rings (SSSR count). The fraction of sp³-hybridized carbons (Fsp3) is 0.667. The molecule has 0 amide bonds. The highest BCUT2D eigenvalue weighted by atomic mass is 32.2. The van der Waals surface area contributed by atoms with E-state index >= 15 is 0 Å². The Balaban J connectivity index is 2.18. The molecule has 62 valence electrons. The average molecular weight is 170 g/mol. The molecule has 0 aliphatic carbocycles. The van der Waals surface area contributed by atoms with Gasteiger partial charge < -0.3 is 4.79 Å². The van der Waals surface area contributed by atoms with Gasteiger partial charge in [-0.15, -0.1) is 0 Å². The largest absolute Gasteiger partial charge is 0.303 e. The van der Waals surface area contributed by atoms with Gasteiger partial charge in [0.1, 0.15) is 6.29 Å². The van der Waals surface area contributed by atoms with Crippen molar-refractivity contribution < 1.29 is 4.79 Å². The standard InChI is InChI=1S/C9H14OS/c1-8(4-5-10)7-9-3-2-6-11-9/h5,9H,1-4,6-7H2. The third-order valence-corrected chi connectivity index (χ3v) is 3.31. The quantitative estimate of drug-likeness (QED) is 0.476. The Morgan fingerprint density at radius 1 is 1.73 bits per heavy atom. The molecule has 1 unspecified atom stereocenters. The lowest BCUT2D eigenvalue weighted by atomic mass is 10.1. The van der Waals surface area contributed by atoms with Gasteiger partial charge in [-0.3, -0.25) is 0 Å². The lowest BCUT2D eigenvalue weighted by Crippen LogP contribution is -1.98. The fourth-order valence-electron chi connectivity index (χ4n) is 1.33. The fourth-order valence-corrected chi connectivity index (χ4v) is 2.68. The van der Waals surface area contributed by atoms with Crippen molar-refractivity contribution in [1.29, 1.82) is 0 Å². The van der Waals surface area contributed by atoms with E-state index in [9.17, 15) is 4.79 Å². The summed E-state index contributed by atoms with van der Waals surface area (Å²) in [5.74, 6) is 1.29. The third-order valence-electron chi connectivity index (χ3n) is 1.91. The van der Waals surface area contributed by atoms with Gasteiger partial charge in [0, 0.05) is 11.7 Å². The van der Waals surface area contributed by atoms with Crippen LogP contribution in [-0.2, 0) is 4.79 Å². The van der Waals surface area contributed by atoms with Crippen LogP contribution < -0.4 is 0 Å². The monoisotopic (exact) mass is 170 g/mol. The van der Waals surface area contributed by atoms with Crippen LogP contribution in [0, 0.1) is 0 Å². The molecule has 0 radical (unpaired) electrons. The molecule has 1 nitrogen and oxygen atoms in total. The Bertz CT molecular complexity index is 148.